The van der Waals surface area contributed by atoms with Crippen molar-refractivity contribution in [2.24, 2.45) is 0 Å². The second kappa shape index (κ2) is 2.75. The first kappa shape index (κ1) is 7.54. The largest absolute Gasteiger partial charge is 0.208 e. The van der Waals surface area contributed by atoms with Gasteiger partial charge in [-0.05, 0) is 13.2 Å². The highest BCUT2D eigenvalue weighted by atomic mass is 32.2. The van der Waals surface area contributed by atoms with Gasteiger partial charge in [0, 0.05) is 6.07 Å². The first-order chi connectivity index (χ1) is 5.81. The molecule has 4 nitrogen and oxygen atoms in total. The van der Waals surface area contributed by atoms with Crippen LogP contribution in [-0.2, 0) is 0 Å². The molecule has 0 saturated carbocycles. The predicted octanol–water partition coefficient (Wildman–Crippen LogP) is 1.15. The Hall–Kier alpha value is -1.10. The molecule has 2 rings (SSSR count). The van der Waals surface area contributed by atoms with Gasteiger partial charge in [0.25, 0.3) is 0 Å². The lowest BCUT2D eigenvalue weighted by atomic mass is 10.6. The number of aromatic nitrogens is 4. The molecule has 0 aliphatic heterocycles. The van der Waals surface area contributed by atoms with Crippen LogP contribution < -0.4 is 0 Å². The number of rotatable bonds is 1. The monoisotopic (exact) mass is 180 g/mol. The van der Waals surface area contributed by atoms with Crippen molar-refractivity contribution in [3.63, 3.8) is 0 Å². The minimum Gasteiger partial charge on any atom is -0.208 e. The van der Waals surface area contributed by atoms with Crippen LogP contribution >= 0.6 is 11.8 Å². The number of nitrogens with zero attached hydrogens (tertiary/aromatic N) is 4. The minimum absolute atomic E-state index is 0.792. The van der Waals surface area contributed by atoms with Crippen LogP contribution in [-0.4, -0.2) is 25.8 Å². The molecule has 0 amide bonds. The van der Waals surface area contributed by atoms with E-state index >= 15 is 0 Å². The van der Waals surface area contributed by atoms with Gasteiger partial charge in [0.15, 0.2) is 10.8 Å². The summed E-state index contributed by atoms with van der Waals surface area (Å²) in [5, 5.41) is 4.87. The Bertz CT molecular complexity index is 409. The maximum Gasteiger partial charge on any atom is 0.191 e. The molecule has 2 aromatic rings. The molecule has 62 valence electrons. The number of hydrogen-bond donors (Lipinski definition) is 0. The van der Waals surface area contributed by atoms with Gasteiger partial charge in [-0.15, -0.1) is 0 Å². The second-order valence-electron chi connectivity index (χ2n) is 2.36. The van der Waals surface area contributed by atoms with Crippen molar-refractivity contribution in [1.29, 1.82) is 0 Å². The highest BCUT2D eigenvalue weighted by Crippen LogP contribution is 2.10. The third-order valence-electron chi connectivity index (χ3n) is 1.58. The number of hydrogen-bond acceptors (Lipinski definition) is 4. The van der Waals surface area contributed by atoms with E-state index in [4.69, 9.17) is 0 Å². The molecular formula is C7H8N4S. The molecule has 0 aliphatic rings. The van der Waals surface area contributed by atoms with Gasteiger partial charge in [0.1, 0.15) is 5.82 Å². The molecular weight excluding hydrogens is 172 g/mol. The number of aryl methyl sites for hydroxylation is 1. The molecule has 2 heterocycles. The van der Waals surface area contributed by atoms with E-state index in [2.05, 4.69) is 15.1 Å². The highest BCUT2D eigenvalue weighted by molar-refractivity contribution is 7.98. The second-order valence-corrected chi connectivity index (χ2v) is 3.13. The average molecular weight is 180 g/mol. The van der Waals surface area contributed by atoms with E-state index in [1.807, 2.05) is 19.2 Å². The van der Waals surface area contributed by atoms with Crippen molar-refractivity contribution in [3.05, 3.63) is 18.1 Å². The lowest BCUT2D eigenvalue weighted by Gasteiger charge is -1.99. The van der Waals surface area contributed by atoms with Gasteiger partial charge in [0.2, 0.25) is 0 Å². The number of fused-ring (bicyclic) bond motifs is 1. The first-order valence-electron chi connectivity index (χ1n) is 3.53. The van der Waals surface area contributed by atoms with Crippen molar-refractivity contribution < 1.29 is 0 Å². The van der Waals surface area contributed by atoms with Crippen molar-refractivity contribution in [3.8, 4) is 0 Å². The zero-order valence-corrected chi connectivity index (χ0v) is 7.67. The average Bonchev–Trinajstić information content (AvgIpc) is 2.52. The van der Waals surface area contributed by atoms with Crippen LogP contribution in [0.15, 0.2) is 17.4 Å². The Labute approximate surface area is 74.0 Å². The molecule has 0 atom stereocenters. The molecule has 0 fully saturated rings. The van der Waals surface area contributed by atoms with E-state index in [0.29, 0.717) is 0 Å². The van der Waals surface area contributed by atoms with Crippen molar-refractivity contribution in [1.82, 2.24) is 19.6 Å². The maximum absolute atomic E-state index is 4.27. The highest BCUT2D eigenvalue weighted by Gasteiger charge is 2.02. The van der Waals surface area contributed by atoms with Crippen molar-refractivity contribution in [2.45, 2.75) is 12.1 Å². The van der Waals surface area contributed by atoms with E-state index in [9.17, 15) is 0 Å². The molecule has 0 spiro atoms. The third-order valence-corrected chi connectivity index (χ3v) is 2.13. The standard InChI is InChI=1S/C7H8N4S/c1-5-9-7(12-2)10-6-3-4-8-11(5)6/h3-4H,1-2H3. The zero-order valence-electron chi connectivity index (χ0n) is 6.85. The zero-order chi connectivity index (χ0) is 8.55. The fourth-order valence-corrected chi connectivity index (χ4v) is 1.44. The van der Waals surface area contributed by atoms with E-state index in [1.165, 1.54) is 11.8 Å². The Morgan fingerprint density at radius 1 is 1.42 bits per heavy atom. The van der Waals surface area contributed by atoms with Gasteiger partial charge in [-0.3, -0.25) is 0 Å². The molecule has 0 unspecified atom stereocenters. The van der Waals surface area contributed by atoms with E-state index in [-0.39, 0.29) is 0 Å². The Morgan fingerprint density at radius 3 is 3.00 bits per heavy atom. The fraction of sp³-hybridized carbons (Fsp3) is 0.286. The van der Waals surface area contributed by atoms with Crippen LogP contribution in [0.4, 0.5) is 0 Å². The van der Waals surface area contributed by atoms with Gasteiger partial charge >= 0.3 is 0 Å². The molecule has 0 aromatic carbocycles. The van der Waals surface area contributed by atoms with Crippen LogP contribution in [0.25, 0.3) is 5.65 Å². The summed E-state index contributed by atoms with van der Waals surface area (Å²) in [5.74, 6) is 0.870. The molecule has 0 aliphatic carbocycles. The topological polar surface area (TPSA) is 43.1 Å². The molecule has 0 radical (unpaired) electrons. The summed E-state index contributed by atoms with van der Waals surface area (Å²) in [5.41, 5.74) is 0.854. The van der Waals surface area contributed by atoms with Gasteiger partial charge in [-0.25, -0.2) is 14.5 Å². The molecule has 2 aromatic heterocycles. The fourth-order valence-electron chi connectivity index (χ4n) is 1.03. The summed E-state index contributed by atoms with van der Waals surface area (Å²) in [6.45, 7) is 1.92. The minimum atomic E-state index is 0.792. The van der Waals surface area contributed by atoms with Crippen LogP contribution in [0.5, 0.6) is 0 Å². The van der Waals surface area contributed by atoms with Crippen LogP contribution in [0.1, 0.15) is 5.82 Å². The van der Waals surface area contributed by atoms with Crippen LogP contribution in [0.2, 0.25) is 0 Å². The summed E-state index contributed by atoms with van der Waals surface area (Å²) >= 11 is 1.54. The van der Waals surface area contributed by atoms with Gasteiger partial charge < -0.3 is 0 Å². The smallest absolute Gasteiger partial charge is 0.191 e. The maximum atomic E-state index is 4.27. The van der Waals surface area contributed by atoms with E-state index < -0.39 is 0 Å². The van der Waals surface area contributed by atoms with Crippen molar-refractivity contribution >= 4 is 17.4 Å². The molecule has 5 heteroatoms. The molecule has 0 saturated heterocycles. The van der Waals surface area contributed by atoms with Crippen LogP contribution in [0.3, 0.4) is 0 Å². The summed E-state index contributed by atoms with van der Waals surface area (Å²) in [4.78, 5) is 8.51. The molecule has 12 heavy (non-hydrogen) atoms. The van der Waals surface area contributed by atoms with E-state index in [0.717, 1.165) is 16.6 Å². The molecule has 0 N–H and O–H groups in total. The lowest BCUT2D eigenvalue weighted by molar-refractivity contribution is 0.786. The van der Waals surface area contributed by atoms with E-state index in [1.54, 1.807) is 10.7 Å². The van der Waals surface area contributed by atoms with Crippen molar-refractivity contribution in [2.75, 3.05) is 6.26 Å². The predicted molar refractivity (Wildman–Crippen MR) is 47.3 cm³/mol. The SMILES string of the molecule is CSc1nc(C)n2nccc2n1. The van der Waals surface area contributed by atoms with Gasteiger partial charge in [0.05, 0.1) is 6.20 Å². The Kier molecular flexibility index (Phi) is 1.73. The Morgan fingerprint density at radius 2 is 2.25 bits per heavy atom. The molecule has 0 bridgehead atoms. The van der Waals surface area contributed by atoms with Crippen LogP contribution in [0, 0.1) is 6.92 Å². The first-order valence-corrected chi connectivity index (χ1v) is 4.76. The lowest BCUT2D eigenvalue weighted by Crippen LogP contribution is -2.00. The summed E-state index contributed by atoms with van der Waals surface area (Å²) < 4.78 is 1.72. The quantitative estimate of drug-likeness (QED) is 0.617. The van der Waals surface area contributed by atoms with Gasteiger partial charge in [-0.1, -0.05) is 11.8 Å². The summed E-state index contributed by atoms with van der Waals surface area (Å²) in [7, 11) is 0. The summed E-state index contributed by atoms with van der Waals surface area (Å²) in [6, 6.07) is 1.87. The normalized spacial score (nSPS) is 10.8. The summed E-state index contributed by atoms with van der Waals surface area (Å²) in [6.07, 6.45) is 3.68. The third kappa shape index (κ3) is 1.06. The van der Waals surface area contributed by atoms with Gasteiger partial charge in [-0.2, -0.15) is 5.10 Å². The number of thioether (sulfide) groups is 1. The Balaban J connectivity index is 2.75.